The van der Waals surface area contributed by atoms with E-state index in [1.54, 1.807) is 17.0 Å². The molecule has 0 bridgehead atoms. The van der Waals surface area contributed by atoms with Crippen LogP contribution >= 0.6 is 0 Å². The normalized spacial score (nSPS) is 16.2. The lowest BCUT2D eigenvalue weighted by Gasteiger charge is -2.34. The largest absolute Gasteiger partial charge is 0.346 e. The predicted octanol–water partition coefficient (Wildman–Crippen LogP) is -0.108. The molecule has 1 saturated heterocycles. The third kappa shape index (κ3) is 5.27. The lowest BCUT2D eigenvalue weighted by atomic mass is 9.87. The molecule has 0 spiro atoms. The van der Waals surface area contributed by atoms with Crippen LogP contribution in [-0.2, 0) is 25.0 Å². The number of hydrogen-bond donors (Lipinski definition) is 2. The van der Waals surface area contributed by atoms with Crippen molar-refractivity contribution in [2.24, 2.45) is 5.73 Å². The van der Waals surface area contributed by atoms with Crippen LogP contribution in [0.4, 0.5) is 0 Å². The summed E-state index contributed by atoms with van der Waals surface area (Å²) in [6.45, 7) is 6.94. The maximum atomic E-state index is 12.8. The van der Waals surface area contributed by atoms with Crippen LogP contribution in [0.5, 0.6) is 0 Å². The quantitative estimate of drug-likeness (QED) is 0.721. The Bertz CT molecular complexity index is 777. The molecule has 0 radical (unpaired) electrons. The van der Waals surface area contributed by atoms with Crippen molar-refractivity contribution in [3.05, 3.63) is 29.8 Å². The Labute approximate surface area is 160 Å². The van der Waals surface area contributed by atoms with Crippen molar-refractivity contribution in [2.75, 3.05) is 39.3 Å². The maximum Gasteiger partial charge on any atom is 0.243 e. The van der Waals surface area contributed by atoms with Gasteiger partial charge in [0, 0.05) is 26.2 Å². The van der Waals surface area contributed by atoms with Gasteiger partial charge in [-0.25, -0.2) is 8.42 Å². The summed E-state index contributed by atoms with van der Waals surface area (Å²) in [4.78, 5) is 25.0. The Hall–Kier alpha value is -1.97. The third-order valence-electron chi connectivity index (χ3n) is 4.57. The molecule has 2 rings (SSSR count). The van der Waals surface area contributed by atoms with Gasteiger partial charge in [-0.05, 0) is 23.1 Å². The first-order valence-corrected chi connectivity index (χ1v) is 10.3. The summed E-state index contributed by atoms with van der Waals surface area (Å²) in [7, 11) is -3.59. The van der Waals surface area contributed by atoms with Gasteiger partial charge in [-0.15, -0.1) is 0 Å². The van der Waals surface area contributed by atoms with Gasteiger partial charge >= 0.3 is 0 Å². The van der Waals surface area contributed by atoms with Crippen LogP contribution in [0, 0.1) is 0 Å². The van der Waals surface area contributed by atoms with Gasteiger partial charge < -0.3 is 16.0 Å². The Balaban J connectivity index is 1.98. The second-order valence-corrected chi connectivity index (χ2v) is 9.48. The standard InChI is InChI=1S/C18H28N4O4S/c1-18(2,3)14-4-6-15(7-5-14)27(25,26)22-10-8-21(9-11-22)17(24)13-20-16(23)12-19/h4-7H,8-13,19H2,1-3H3,(H,20,23). The molecule has 1 fully saturated rings. The van der Waals surface area contributed by atoms with E-state index in [-0.39, 0.29) is 55.5 Å². The molecule has 1 aliphatic rings. The van der Waals surface area contributed by atoms with Crippen LogP contribution in [-0.4, -0.2) is 68.7 Å². The number of carbonyl (C=O) groups excluding carboxylic acids is 2. The Morgan fingerprint density at radius 3 is 2.11 bits per heavy atom. The van der Waals surface area contributed by atoms with E-state index in [1.165, 1.54) is 4.31 Å². The second kappa shape index (κ2) is 8.37. The van der Waals surface area contributed by atoms with Crippen LogP contribution in [0.1, 0.15) is 26.3 Å². The molecular formula is C18H28N4O4S. The van der Waals surface area contributed by atoms with Crippen molar-refractivity contribution < 1.29 is 18.0 Å². The first kappa shape index (κ1) is 21.3. The zero-order valence-electron chi connectivity index (χ0n) is 16.1. The zero-order valence-corrected chi connectivity index (χ0v) is 16.9. The van der Waals surface area contributed by atoms with E-state index >= 15 is 0 Å². The highest BCUT2D eigenvalue weighted by Crippen LogP contribution is 2.25. The van der Waals surface area contributed by atoms with Crippen molar-refractivity contribution in [1.29, 1.82) is 0 Å². The van der Waals surface area contributed by atoms with E-state index < -0.39 is 15.9 Å². The lowest BCUT2D eigenvalue weighted by Crippen LogP contribution is -2.52. The summed E-state index contributed by atoms with van der Waals surface area (Å²) in [5.74, 6) is -0.647. The van der Waals surface area contributed by atoms with Crippen molar-refractivity contribution >= 4 is 21.8 Å². The number of benzene rings is 1. The van der Waals surface area contributed by atoms with Gasteiger partial charge in [0.05, 0.1) is 18.0 Å². The van der Waals surface area contributed by atoms with Crippen LogP contribution in [0.15, 0.2) is 29.2 Å². The zero-order chi connectivity index (χ0) is 20.2. The molecule has 0 aromatic heterocycles. The number of nitrogens with zero attached hydrogens (tertiary/aromatic N) is 2. The van der Waals surface area contributed by atoms with Crippen LogP contribution < -0.4 is 11.1 Å². The van der Waals surface area contributed by atoms with E-state index in [4.69, 9.17) is 5.73 Å². The summed E-state index contributed by atoms with van der Waals surface area (Å²) in [6, 6.07) is 6.95. The van der Waals surface area contributed by atoms with Crippen molar-refractivity contribution in [3.8, 4) is 0 Å². The van der Waals surface area contributed by atoms with Gasteiger partial charge in [-0.3, -0.25) is 9.59 Å². The number of amides is 2. The average molecular weight is 397 g/mol. The second-order valence-electron chi connectivity index (χ2n) is 7.54. The summed E-state index contributed by atoms with van der Waals surface area (Å²) in [5.41, 5.74) is 6.20. The Kier molecular flexibility index (Phi) is 6.61. The van der Waals surface area contributed by atoms with Crippen molar-refractivity contribution in [3.63, 3.8) is 0 Å². The van der Waals surface area contributed by atoms with E-state index in [0.29, 0.717) is 0 Å². The molecule has 9 heteroatoms. The first-order chi connectivity index (χ1) is 12.6. The molecule has 2 amide bonds. The number of nitrogens with one attached hydrogen (secondary N) is 1. The van der Waals surface area contributed by atoms with Gasteiger partial charge in [0.1, 0.15) is 0 Å². The van der Waals surface area contributed by atoms with Gasteiger partial charge in [0.25, 0.3) is 0 Å². The molecule has 150 valence electrons. The molecular weight excluding hydrogens is 368 g/mol. The molecule has 1 aromatic rings. The fourth-order valence-electron chi connectivity index (χ4n) is 2.81. The average Bonchev–Trinajstić information content (AvgIpc) is 2.65. The van der Waals surface area contributed by atoms with Gasteiger partial charge in [0.2, 0.25) is 21.8 Å². The molecule has 0 unspecified atom stereocenters. The SMILES string of the molecule is CC(C)(C)c1ccc(S(=O)(=O)N2CCN(C(=O)CNC(=O)CN)CC2)cc1. The fraction of sp³-hybridized carbons (Fsp3) is 0.556. The molecule has 8 nitrogen and oxygen atoms in total. The summed E-state index contributed by atoms with van der Waals surface area (Å²) in [6.07, 6.45) is 0. The molecule has 1 aliphatic heterocycles. The summed E-state index contributed by atoms with van der Waals surface area (Å²) in [5, 5.41) is 2.43. The molecule has 0 atom stereocenters. The fourth-order valence-corrected chi connectivity index (χ4v) is 4.23. The molecule has 27 heavy (non-hydrogen) atoms. The minimum Gasteiger partial charge on any atom is -0.346 e. The minimum atomic E-state index is -3.59. The number of nitrogens with two attached hydrogens (primary N) is 1. The minimum absolute atomic E-state index is 0.0480. The molecule has 0 saturated carbocycles. The maximum absolute atomic E-state index is 12.8. The van der Waals surface area contributed by atoms with Crippen LogP contribution in [0.25, 0.3) is 0 Å². The van der Waals surface area contributed by atoms with E-state index in [1.807, 2.05) is 12.1 Å². The first-order valence-electron chi connectivity index (χ1n) is 8.91. The Morgan fingerprint density at radius 2 is 1.63 bits per heavy atom. The van der Waals surface area contributed by atoms with Crippen molar-refractivity contribution in [1.82, 2.24) is 14.5 Å². The topological polar surface area (TPSA) is 113 Å². The van der Waals surface area contributed by atoms with Gasteiger partial charge in [0.15, 0.2) is 0 Å². The lowest BCUT2D eigenvalue weighted by molar-refractivity contribution is -0.133. The molecule has 0 aliphatic carbocycles. The number of carbonyl (C=O) groups is 2. The number of sulfonamides is 1. The number of piperazine rings is 1. The van der Waals surface area contributed by atoms with Crippen molar-refractivity contribution in [2.45, 2.75) is 31.1 Å². The highest BCUT2D eigenvalue weighted by Gasteiger charge is 2.30. The highest BCUT2D eigenvalue weighted by atomic mass is 32.2. The number of hydrogen-bond acceptors (Lipinski definition) is 5. The van der Waals surface area contributed by atoms with E-state index in [9.17, 15) is 18.0 Å². The van der Waals surface area contributed by atoms with Gasteiger partial charge in [-0.2, -0.15) is 4.31 Å². The van der Waals surface area contributed by atoms with E-state index in [0.717, 1.165) is 5.56 Å². The van der Waals surface area contributed by atoms with Crippen LogP contribution in [0.2, 0.25) is 0 Å². The van der Waals surface area contributed by atoms with E-state index in [2.05, 4.69) is 26.1 Å². The molecule has 3 N–H and O–H groups in total. The smallest absolute Gasteiger partial charge is 0.243 e. The predicted molar refractivity (Wildman–Crippen MR) is 103 cm³/mol. The summed E-state index contributed by atoms with van der Waals surface area (Å²) >= 11 is 0. The summed E-state index contributed by atoms with van der Waals surface area (Å²) < 4.78 is 27.1. The molecule has 1 aromatic carbocycles. The monoisotopic (exact) mass is 396 g/mol. The number of rotatable bonds is 5. The Morgan fingerprint density at radius 1 is 1.07 bits per heavy atom. The molecule has 1 heterocycles. The van der Waals surface area contributed by atoms with Gasteiger partial charge in [-0.1, -0.05) is 32.9 Å². The third-order valence-corrected chi connectivity index (χ3v) is 6.48. The highest BCUT2D eigenvalue weighted by molar-refractivity contribution is 7.89. The van der Waals surface area contributed by atoms with Crippen LogP contribution in [0.3, 0.4) is 0 Å².